The summed E-state index contributed by atoms with van der Waals surface area (Å²) in [5.74, 6) is 0.813. The van der Waals surface area contributed by atoms with Crippen LogP contribution in [0.25, 0.3) is 10.9 Å². The molecule has 2 aromatic rings. The van der Waals surface area contributed by atoms with Crippen molar-refractivity contribution in [2.75, 3.05) is 27.2 Å². The molecule has 0 fully saturated rings. The normalized spacial score (nSPS) is 12.9. The van der Waals surface area contributed by atoms with Gasteiger partial charge in [0.1, 0.15) is 17.9 Å². The fourth-order valence-electron chi connectivity index (χ4n) is 1.81. The second-order valence-electron chi connectivity index (χ2n) is 4.50. The van der Waals surface area contributed by atoms with Crippen LogP contribution in [0.4, 0.5) is 0 Å². The molecule has 0 bridgehead atoms. The Balaban J connectivity index is 2.17. The molecule has 96 valence electrons. The Hall–Kier alpha value is -1.65. The molecule has 1 heterocycles. The van der Waals surface area contributed by atoms with Crippen LogP contribution in [-0.4, -0.2) is 43.2 Å². The minimum Gasteiger partial charge on any atom is -0.490 e. The van der Waals surface area contributed by atoms with Crippen molar-refractivity contribution < 1.29 is 4.74 Å². The van der Waals surface area contributed by atoms with Gasteiger partial charge < -0.3 is 15.4 Å². The van der Waals surface area contributed by atoms with Crippen molar-refractivity contribution in [1.82, 2.24) is 9.88 Å². The summed E-state index contributed by atoms with van der Waals surface area (Å²) < 4.78 is 5.85. The maximum absolute atomic E-state index is 5.85. The number of rotatable bonds is 5. The second kappa shape index (κ2) is 5.80. The molecular weight excluding hydrogens is 226 g/mol. The van der Waals surface area contributed by atoms with Gasteiger partial charge in [-0.05, 0) is 26.2 Å². The Morgan fingerprint density at radius 1 is 1.28 bits per heavy atom. The Labute approximate surface area is 107 Å². The van der Waals surface area contributed by atoms with Gasteiger partial charge in [-0.15, -0.1) is 0 Å². The summed E-state index contributed by atoms with van der Waals surface area (Å²) in [4.78, 5) is 6.43. The van der Waals surface area contributed by atoms with E-state index >= 15 is 0 Å². The number of fused-ring (bicyclic) bond motifs is 1. The van der Waals surface area contributed by atoms with E-state index in [1.165, 1.54) is 0 Å². The monoisotopic (exact) mass is 245 g/mol. The number of likely N-dealkylation sites (N-methyl/N-ethyl adjacent to an activating group) is 1. The number of hydrogen-bond acceptors (Lipinski definition) is 4. The number of nitrogens with two attached hydrogens (primary N) is 1. The van der Waals surface area contributed by atoms with Crippen LogP contribution in [0.2, 0.25) is 0 Å². The van der Waals surface area contributed by atoms with E-state index in [9.17, 15) is 0 Å². The molecule has 1 aromatic heterocycles. The van der Waals surface area contributed by atoms with Crippen molar-refractivity contribution in [2.24, 2.45) is 5.73 Å². The smallest absolute Gasteiger partial charge is 0.145 e. The summed E-state index contributed by atoms with van der Waals surface area (Å²) in [6.07, 6.45) is 1.78. The molecule has 4 heteroatoms. The standard InChI is InChI=1S/C14H19N3O/c1-17(2)12(9-15)10-18-13-7-3-5-11-6-4-8-16-14(11)13/h3-8,12H,9-10,15H2,1-2H3. The van der Waals surface area contributed by atoms with E-state index in [0.717, 1.165) is 16.7 Å². The van der Waals surface area contributed by atoms with Crippen molar-refractivity contribution in [3.05, 3.63) is 36.5 Å². The van der Waals surface area contributed by atoms with Crippen molar-refractivity contribution in [3.63, 3.8) is 0 Å². The van der Waals surface area contributed by atoms with E-state index in [-0.39, 0.29) is 6.04 Å². The van der Waals surface area contributed by atoms with E-state index in [0.29, 0.717) is 13.2 Å². The molecular formula is C14H19N3O. The highest BCUT2D eigenvalue weighted by atomic mass is 16.5. The molecule has 0 spiro atoms. The van der Waals surface area contributed by atoms with Gasteiger partial charge in [-0.1, -0.05) is 18.2 Å². The summed E-state index contributed by atoms with van der Waals surface area (Å²) in [5, 5.41) is 1.09. The van der Waals surface area contributed by atoms with Gasteiger partial charge in [-0.2, -0.15) is 0 Å². The van der Waals surface area contributed by atoms with Crippen molar-refractivity contribution in [3.8, 4) is 5.75 Å². The summed E-state index contributed by atoms with van der Waals surface area (Å²) in [7, 11) is 4.00. The first-order chi connectivity index (χ1) is 8.72. The topological polar surface area (TPSA) is 51.4 Å². The Morgan fingerprint density at radius 3 is 2.78 bits per heavy atom. The predicted molar refractivity (Wildman–Crippen MR) is 73.8 cm³/mol. The molecule has 0 saturated heterocycles. The SMILES string of the molecule is CN(C)C(CN)COc1cccc2cccnc12. The van der Waals surface area contributed by atoms with E-state index in [1.54, 1.807) is 6.20 Å². The van der Waals surface area contributed by atoms with Crippen LogP contribution in [-0.2, 0) is 0 Å². The minimum atomic E-state index is 0.212. The predicted octanol–water partition coefficient (Wildman–Crippen LogP) is 1.50. The first kappa shape index (κ1) is 12.8. The van der Waals surface area contributed by atoms with Crippen LogP contribution >= 0.6 is 0 Å². The summed E-state index contributed by atoms with van der Waals surface area (Å²) in [6.45, 7) is 1.14. The van der Waals surface area contributed by atoms with Crippen LogP contribution in [0, 0.1) is 0 Å². The molecule has 4 nitrogen and oxygen atoms in total. The Morgan fingerprint density at radius 2 is 2.06 bits per heavy atom. The van der Waals surface area contributed by atoms with Crippen LogP contribution in [0.5, 0.6) is 5.75 Å². The van der Waals surface area contributed by atoms with E-state index in [2.05, 4.69) is 9.88 Å². The Bertz CT molecular complexity index is 508. The molecule has 0 aliphatic heterocycles. The lowest BCUT2D eigenvalue weighted by molar-refractivity contribution is 0.191. The van der Waals surface area contributed by atoms with Crippen LogP contribution < -0.4 is 10.5 Å². The summed E-state index contributed by atoms with van der Waals surface area (Å²) in [5.41, 5.74) is 6.61. The number of aromatic nitrogens is 1. The largest absolute Gasteiger partial charge is 0.490 e. The minimum absolute atomic E-state index is 0.212. The molecule has 0 saturated carbocycles. The highest BCUT2D eigenvalue weighted by molar-refractivity contribution is 5.84. The molecule has 0 aliphatic rings. The Kier molecular flexibility index (Phi) is 4.12. The highest BCUT2D eigenvalue weighted by Crippen LogP contribution is 2.23. The molecule has 0 radical (unpaired) electrons. The van der Waals surface area contributed by atoms with Gasteiger partial charge in [-0.25, -0.2) is 0 Å². The van der Waals surface area contributed by atoms with Crippen LogP contribution in [0.3, 0.4) is 0 Å². The van der Waals surface area contributed by atoms with Gasteiger partial charge in [-0.3, -0.25) is 4.98 Å². The molecule has 1 unspecified atom stereocenters. The number of hydrogen-bond donors (Lipinski definition) is 1. The van der Waals surface area contributed by atoms with Gasteiger partial charge in [0.05, 0.1) is 6.04 Å². The zero-order chi connectivity index (χ0) is 13.0. The first-order valence-corrected chi connectivity index (χ1v) is 6.05. The fraction of sp³-hybridized carbons (Fsp3) is 0.357. The average molecular weight is 245 g/mol. The summed E-state index contributed by atoms with van der Waals surface area (Å²) in [6, 6.07) is 10.1. The van der Waals surface area contributed by atoms with Gasteiger partial charge in [0.15, 0.2) is 0 Å². The number of benzene rings is 1. The zero-order valence-electron chi connectivity index (χ0n) is 10.8. The van der Waals surface area contributed by atoms with E-state index < -0.39 is 0 Å². The molecule has 18 heavy (non-hydrogen) atoms. The molecule has 0 aliphatic carbocycles. The van der Waals surface area contributed by atoms with E-state index in [1.807, 2.05) is 44.4 Å². The first-order valence-electron chi connectivity index (χ1n) is 6.05. The van der Waals surface area contributed by atoms with Crippen molar-refractivity contribution in [2.45, 2.75) is 6.04 Å². The second-order valence-corrected chi connectivity index (χ2v) is 4.50. The van der Waals surface area contributed by atoms with Crippen LogP contribution in [0.1, 0.15) is 0 Å². The number of pyridine rings is 1. The number of nitrogens with zero attached hydrogens (tertiary/aromatic N) is 2. The van der Waals surface area contributed by atoms with Gasteiger partial charge in [0.25, 0.3) is 0 Å². The maximum atomic E-state index is 5.85. The summed E-state index contributed by atoms with van der Waals surface area (Å²) >= 11 is 0. The molecule has 1 aromatic carbocycles. The highest BCUT2D eigenvalue weighted by Gasteiger charge is 2.11. The fourth-order valence-corrected chi connectivity index (χ4v) is 1.81. The van der Waals surface area contributed by atoms with Crippen LogP contribution in [0.15, 0.2) is 36.5 Å². The third-order valence-electron chi connectivity index (χ3n) is 3.03. The van der Waals surface area contributed by atoms with Gasteiger partial charge in [0, 0.05) is 18.1 Å². The molecule has 2 rings (SSSR count). The molecule has 2 N–H and O–H groups in total. The average Bonchev–Trinajstić information content (AvgIpc) is 2.39. The number of para-hydroxylation sites is 1. The molecule has 1 atom stereocenters. The third kappa shape index (κ3) is 2.78. The van der Waals surface area contributed by atoms with E-state index in [4.69, 9.17) is 10.5 Å². The lowest BCUT2D eigenvalue weighted by Gasteiger charge is -2.22. The lowest BCUT2D eigenvalue weighted by atomic mass is 10.2. The van der Waals surface area contributed by atoms with Crippen molar-refractivity contribution >= 4 is 10.9 Å². The van der Waals surface area contributed by atoms with Crippen molar-refractivity contribution in [1.29, 1.82) is 0 Å². The third-order valence-corrected chi connectivity index (χ3v) is 3.03. The maximum Gasteiger partial charge on any atom is 0.145 e. The lowest BCUT2D eigenvalue weighted by Crippen LogP contribution is -2.39. The van der Waals surface area contributed by atoms with Gasteiger partial charge >= 0.3 is 0 Å². The number of ether oxygens (including phenoxy) is 1. The molecule has 0 amide bonds. The zero-order valence-corrected chi connectivity index (χ0v) is 10.8. The quantitative estimate of drug-likeness (QED) is 0.867. The van der Waals surface area contributed by atoms with Gasteiger partial charge in [0.2, 0.25) is 0 Å².